The minimum atomic E-state index is 0.0382. The molecule has 0 radical (unpaired) electrons. The van der Waals surface area contributed by atoms with E-state index in [1.807, 2.05) is 29.2 Å². The molecule has 1 unspecified atom stereocenters. The van der Waals surface area contributed by atoms with Crippen molar-refractivity contribution in [1.29, 1.82) is 0 Å². The zero-order chi connectivity index (χ0) is 20.6. The number of aromatic nitrogens is 5. The molecule has 0 aromatic carbocycles. The van der Waals surface area contributed by atoms with Crippen molar-refractivity contribution >= 4 is 23.6 Å². The Labute approximate surface area is 175 Å². The van der Waals surface area contributed by atoms with E-state index >= 15 is 0 Å². The first-order chi connectivity index (χ1) is 14.8. The lowest BCUT2D eigenvalue weighted by atomic mass is 9.93. The number of piperidine rings is 1. The van der Waals surface area contributed by atoms with Crippen LogP contribution >= 0.6 is 0 Å². The molecule has 1 atom stereocenters. The van der Waals surface area contributed by atoms with Crippen LogP contribution < -0.4 is 5.32 Å². The molecule has 1 aliphatic rings. The first-order valence-electron chi connectivity index (χ1n) is 9.97. The third-order valence-corrected chi connectivity index (χ3v) is 4.97. The standard InChI is InChI=1S/C22H23N7O/c30-22(6-5-17-3-1-7-23-13-17)29-10-2-4-18(15-29)11-19-12-20(27-16-26-19)28-21-14-24-8-9-25-21/h1,3,5-9,12-14,16,18H,2,4,10-11,15H2,(H,25,26,27,28)/b6-5+. The summed E-state index contributed by atoms with van der Waals surface area (Å²) in [6, 6.07) is 5.71. The molecule has 0 saturated carbocycles. The van der Waals surface area contributed by atoms with Gasteiger partial charge in [0, 0.05) is 55.7 Å². The van der Waals surface area contributed by atoms with Crippen LogP contribution in [-0.4, -0.2) is 48.8 Å². The number of rotatable bonds is 6. The van der Waals surface area contributed by atoms with Gasteiger partial charge in [-0.3, -0.25) is 14.8 Å². The summed E-state index contributed by atoms with van der Waals surface area (Å²) in [6.07, 6.45) is 16.2. The molecule has 0 bridgehead atoms. The van der Waals surface area contributed by atoms with Gasteiger partial charge in [-0.25, -0.2) is 15.0 Å². The maximum atomic E-state index is 12.6. The molecule has 30 heavy (non-hydrogen) atoms. The maximum Gasteiger partial charge on any atom is 0.246 e. The largest absolute Gasteiger partial charge is 0.339 e. The van der Waals surface area contributed by atoms with E-state index in [0.29, 0.717) is 17.6 Å². The number of nitrogens with zero attached hydrogens (tertiary/aromatic N) is 6. The van der Waals surface area contributed by atoms with E-state index in [-0.39, 0.29) is 5.91 Å². The summed E-state index contributed by atoms with van der Waals surface area (Å²) in [5.74, 6) is 1.73. The Morgan fingerprint density at radius 1 is 1.13 bits per heavy atom. The van der Waals surface area contributed by atoms with Gasteiger partial charge >= 0.3 is 0 Å². The van der Waals surface area contributed by atoms with Crippen molar-refractivity contribution in [1.82, 2.24) is 29.8 Å². The summed E-state index contributed by atoms with van der Waals surface area (Å²) in [6.45, 7) is 1.52. The van der Waals surface area contributed by atoms with Gasteiger partial charge in [0.05, 0.1) is 6.20 Å². The Balaban J connectivity index is 1.35. The van der Waals surface area contributed by atoms with Gasteiger partial charge in [0.1, 0.15) is 18.0 Å². The predicted octanol–water partition coefficient (Wildman–Crippen LogP) is 2.90. The highest BCUT2D eigenvalue weighted by atomic mass is 16.2. The van der Waals surface area contributed by atoms with Crippen LogP contribution in [0.2, 0.25) is 0 Å². The van der Waals surface area contributed by atoms with Gasteiger partial charge in [-0.05, 0) is 42.9 Å². The topological polar surface area (TPSA) is 96.8 Å². The number of anilines is 2. The van der Waals surface area contributed by atoms with E-state index in [4.69, 9.17) is 0 Å². The summed E-state index contributed by atoms with van der Waals surface area (Å²) in [5.41, 5.74) is 1.87. The SMILES string of the molecule is O=C(/C=C/c1cccnc1)N1CCCC(Cc2cc(Nc3cnccn3)ncn2)C1. The number of pyridine rings is 1. The molecule has 1 aliphatic heterocycles. The average molecular weight is 401 g/mol. The third-order valence-electron chi connectivity index (χ3n) is 4.97. The van der Waals surface area contributed by atoms with E-state index in [2.05, 4.69) is 30.2 Å². The molecule has 1 N–H and O–H groups in total. The van der Waals surface area contributed by atoms with Crippen LogP contribution in [0.4, 0.5) is 11.6 Å². The second-order valence-corrected chi connectivity index (χ2v) is 7.23. The van der Waals surface area contributed by atoms with Crippen LogP contribution in [0.5, 0.6) is 0 Å². The molecule has 1 saturated heterocycles. The van der Waals surface area contributed by atoms with Crippen LogP contribution in [0.1, 0.15) is 24.1 Å². The van der Waals surface area contributed by atoms with Crippen molar-refractivity contribution in [3.05, 3.63) is 72.8 Å². The summed E-state index contributed by atoms with van der Waals surface area (Å²) < 4.78 is 0. The highest BCUT2D eigenvalue weighted by Crippen LogP contribution is 2.22. The van der Waals surface area contributed by atoms with Gasteiger partial charge in [0.25, 0.3) is 0 Å². The van der Waals surface area contributed by atoms with Crippen molar-refractivity contribution in [3.8, 4) is 0 Å². The molecule has 0 aliphatic carbocycles. The highest BCUT2D eigenvalue weighted by molar-refractivity contribution is 5.91. The molecular formula is C22H23N7O. The Kier molecular flexibility index (Phi) is 6.34. The van der Waals surface area contributed by atoms with Crippen molar-refractivity contribution in [2.45, 2.75) is 19.3 Å². The van der Waals surface area contributed by atoms with Gasteiger partial charge < -0.3 is 10.2 Å². The zero-order valence-electron chi connectivity index (χ0n) is 16.6. The number of hydrogen-bond donors (Lipinski definition) is 1. The molecule has 4 rings (SSSR count). The van der Waals surface area contributed by atoms with E-state index in [1.54, 1.807) is 43.4 Å². The Morgan fingerprint density at radius 2 is 2.07 bits per heavy atom. The van der Waals surface area contributed by atoms with Crippen LogP contribution in [-0.2, 0) is 11.2 Å². The number of carbonyl (C=O) groups is 1. The molecule has 3 aromatic heterocycles. The van der Waals surface area contributed by atoms with Gasteiger partial charge in [0.15, 0.2) is 0 Å². The molecule has 152 valence electrons. The first-order valence-corrected chi connectivity index (χ1v) is 9.97. The second-order valence-electron chi connectivity index (χ2n) is 7.23. The van der Waals surface area contributed by atoms with Gasteiger partial charge in [-0.2, -0.15) is 0 Å². The minimum Gasteiger partial charge on any atom is -0.339 e. The molecular weight excluding hydrogens is 378 g/mol. The normalized spacial score (nSPS) is 16.5. The summed E-state index contributed by atoms with van der Waals surface area (Å²) in [7, 11) is 0. The van der Waals surface area contributed by atoms with Crippen molar-refractivity contribution < 1.29 is 4.79 Å². The molecule has 8 nitrogen and oxygen atoms in total. The Hall–Kier alpha value is -3.68. The Bertz CT molecular complexity index is 995. The van der Waals surface area contributed by atoms with Crippen LogP contribution in [0.25, 0.3) is 6.08 Å². The van der Waals surface area contributed by atoms with Crippen LogP contribution in [0, 0.1) is 5.92 Å². The zero-order valence-corrected chi connectivity index (χ0v) is 16.6. The summed E-state index contributed by atoms with van der Waals surface area (Å²) >= 11 is 0. The van der Waals surface area contributed by atoms with E-state index in [9.17, 15) is 4.79 Å². The summed E-state index contributed by atoms with van der Waals surface area (Å²) in [5, 5.41) is 3.14. The van der Waals surface area contributed by atoms with Gasteiger partial charge in [0.2, 0.25) is 5.91 Å². The average Bonchev–Trinajstić information content (AvgIpc) is 2.79. The van der Waals surface area contributed by atoms with Gasteiger partial charge in [-0.15, -0.1) is 0 Å². The van der Waals surface area contributed by atoms with Crippen molar-refractivity contribution in [3.63, 3.8) is 0 Å². The van der Waals surface area contributed by atoms with Crippen LogP contribution in [0.15, 0.2) is 61.6 Å². The number of nitrogens with one attached hydrogen (secondary N) is 1. The van der Waals surface area contributed by atoms with E-state index < -0.39 is 0 Å². The quantitative estimate of drug-likeness (QED) is 0.634. The summed E-state index contributed by atoms with van der Waals surface area (Å²) in [4.78, 5) is 35.5. The molecule has 3 aromatic rings. The monoisotopic (exact) mass is 401 g/mol. The number of carbonyl (C=O) groups excluding carboxylic acids is 1. The lowest BCUT2D eigenvalue weighted by Gasteiger charge is -2.32. The molecule has 1 amide bonds. The van der Waals surface area contributed by atoms with E-state index in [1.165, 1.54) is 0 Å². The first kappa shape index (κ1) is 19.6. The maximum absolute atomic E-state index is 12.6. The predicted molar refractivity (Wildman–Crippen MR) is 114 cm³/mol. The number of likely N-dealkylation sites (tertiary alicyclic amines) is 1. The van der Waals surface area contributed by atoms with E-state index in [0.717, 1.165) is 43.6 Å². The second kappa shape index (κ2) is 9.69. The Morgan fingerprint density at radius 3 is 2.90 bits per heavy atom. The van der Waals surface area contributed by atoms with Crippen molar-refractivity contribution in [2.24, 2.45) is 5.92 Å². The fourth-order valence-corrected chi connectivity index (χ4v) is 3.55. The van der Waals surface area contributed by atoms with Crippen LogP contribution in [0.3, 0.4) is 0 Å². The number of hydrogen-bond acceptors (Lipinski definition) is 7. The molecule has 8 heteroatoms. The fraction of sp³-hybridized carbons (Fsp3) is 0.273. The third kappa shape index (κ3) is 5.44. The molecule has 1 fully saturated rings. The number of amides is 1. The minimum absolute atomic E-state index is 0.0382. The molecule has 4 heterocycles. The van der Waals surface area contributed by atoms with Gasteiger partial charge in [-0.1, -0.05) is 6.07 Å². The lowest BCUT2D eigenvalue weighted by molar-refractivity contribution is -0.127. The highest BCUT2D eigenvalue weighted by Gasteiger charge is 2.23. The lowest BCUT2D eigenvalue weighted by Crippen LogP contribution is -2.39. The smallest absolute Gasteiger partial charge is 0.246 e. The molecule has 0 spiro atoms. The van der Waals surface area contributed by atoms with Crippen molar-refractivity contribution in [2.75, 3.05) is 18.4 Å². The fourth-order valence-electron chi connectivity index (χ4n) is 3.55.